The fraction of sp³-hybridized carbons (Fsp3) is 0.176. The Labute approximate surface area is 143 Å². The lowest BCUT2D eigenvalue weighted by molar-refractivity contribution is 0.0945. The van der Waals surface area contributed by atoms with Crippen LogP contribution < -0.4 is 10.1 Å². The van der Waals surface area contributed by atoms with Crippen molar-refractivity contribution in [3.8, 4) is 5.75 Å². The van der Waals surface area contributed by atoms with Crippen molar-refractivity contribution in [3.63, 3.8) is 0 Å². The van der Waals surface area contributed by atoms with Gasteiger partial charge < -0.3 is 10.1 Å². The number of amides is 1. The average Bonchev–Trinajstić information content (AvgIpc) is 3.06. The maximum Gasteiger partial charge on any atom is 0.265 e. The predicted octanol–water partition coefficient (Wildman–Crippen LogP) is 2.77. The van der Waals surface area contributed by atoms with Gasteiger partial charge >= 0.3 is 0 Å². The number of hydrogen-bond donors (Lipinski definition) is 1. The van der Waals surface area contributed by atoms with Crippen LogP contribution in [0, 0.1) is 6.92 Å². The van der Waals surface area contributed by atoms with Gasteiger partial charge in [0.2, 0.25) is 0 Å². The number of carbonyl (C=O) groups is 1. The molecular formula is C17H16N4O2S. The van der Waals surface area contributed by atoms with E-state index in [1.54, 1.807) is 20.2 Å². The zero-order chi connectivity index (χ0) is 16.9. The van der Waals surface area contributed by atoms with Gasteiger partial charge in [-0.3, -0.25) is 9.78 Å². The zero-order valence-corrected chi connectivity index (χ0v) is 14.1. The van der Waals surface area contributed by atoms with E-state index in [1.807, 2.05) is 42.5 Å². The molecule has 1 N–H and O–H groups in total. The number of hydrogen-bond acceptors (Lipinski definition) is 6. The Bertz CT molecular complexity index is 835. The zero-order valence-electron chi connectivity index (χ0n) is 13.3. The van der Waals surface area contributed by atoms with Gasteiger partial charge in [-0.15, -0.1) is 5.10 Å². The van der Waals surface area contributed by atoms with Crippen molar-refractivity contribution >= 4 is 17.4 Å². The smallest absolute Gasteiger partial charge is 0.265 e. The van der Waals surface area contributed by atoms with Crippen LogP contribution >= 0.6 is 11.5 Å². The summed E-state index contributed by atoms with van der Waals surface area (Å²) in [6.45, 7) is 1.76. The molecule has 1 amide bonds. The molecule has 2 aromatic heterocycles. The van der Waals surface area contributed by atoms with Crippen LogP contribution in [0.25, 0.3) is 0 Å². The molecule has 7 heteroatoms. The molecule has 1 atom stereocenters. The third kappa shape index (κ3) is 3.41. The lowest BCUT2D eigenvalue weighted by Gasteiger charge is -2.19. The molecule has 122 valence electrons. The summed E-state index contributed by atoms with van der Waals surface area (Å²) in [6.07, 6.45) is 1.70. The highest BCUT2D eigenvalue weighted by Crippen LogP contribution is 2.25. The molecule has 0 radical (unpaired) electrons. The van der Waals surface area contributed by atoms with Crippen molar-refractivity contribution in [2.24, 2.45) is 0 Å². The van der Waals surface area contributed by atoms with Crippen LogP contribution in [0.3, 0.4) is 0 Å². The Morgan fingerprint density at radius 2 is 2.12 bits per heavy atom. The lowest BCUT2D eigenvalue weighted by Crippen LogP contribution is -2.29. The monoisotopic (exact) mass is 340 g/mol. The van der Waals surface area contributed by atoms with Crippen molar-refractivity contribution < 1.29 is 9.53 Å². The molecule has 0 spiro atoms. The number of aromatic nitrogens is 3. The van der Waals surface area contributed by atoms with Crippen LogP contribution in [-0.4, -0.2) is 27.6 Å². The molecule has 0 fully saturated rings. The summed E-state index contributed by atoms with van der Waals surface area (Å²) < 4.78 is 9.10. The minimum absolute atomic E-state index is 0.221. The number of methoxy groups -OCH3 is 1. The van der Waals surface area contributed by atoms with E-state index in [2.05, 4.69) is 19.9 Å². The second-order valence-corrected chi connectivity index (χ2v) is 5.88. The molecule has 24 heavy (non-hydrogen) atoms. The third-order valence-corrected chi connectivity index (χ3v) is 4.37. The summed E-state index contributed by atoms with van der Waals surface area (Å²) in [6, 6.07) is 12.8. The normalized spacial score (nSPS) is 11.8. The average molecular weight is 340 g/mol. The highest BCUT2D eigenvalue weighted by Gasteiger charge is 2.22. The number of rotatable bonds is 5. The van der Waals surface area contributed by atoms with Gasteiger partial charge in [0.25, 0.3) is 5.91 Å². The summed E-state index contributed by atoms with van der Waals surface area (Å²) in [4.78, 5) is 17.5. The van der Waals surface area contributed by atoms with Crippen molar-refractivity contribution in [1.82, 2.24) is 19.9 Å². The van der Waals surface area contributed by atoms with Crippen LogP contribution in [0.15, 0.2) is 48.7 Å². The maximum absolute atomic E-state index is 12.6. The van der Waals surface area contributed by atoms with Gasteiger partial charge in [0, 0.05) is 6.20 Å². The molecule has 0 saturated heterocycles. The second-order valence-electron chi connectivity index (χ2n) is 5.13. The number of benzene rings is 1. The Morgan fingerprint density at radius 1 is 1.25 bits per heavy atom. The molecular weight excluding hydrogens is 324 g/mol. The summed E-state index contributed by atoms with van der Waals surface area (Å²) in [5.74, 6) is 0.499. The molecule has 0 aliphatic carbocycles. The van der Waals surface area contributed by atoms with Crippen molar-refractivity contribution in [3.05, 3.63) is 70.5 Å². The summed E-state index contributed by atoms with van der Waals surface area (Å²) in [5.41, 5.74) is 2.24. The fourth-order valence-corrected chi connectivity index (χ4v) is 2.89. The standard InChI is InChI=1S/C17H16N4O2S/c1-11-16(24-21-20-11)17(22)19-15(14-8-3-4-9-18-14)12-6-5-7-13(10-12)23-2/h3-10,15H,1-2H3,(H,19,22)/t15-/m0/s1. The van der Waals surface area contributed by atoms with E-state index >= 15 is 0 Å². The summed E-state index contributed by atoms with van der Waals surface area (Å²) in [7, 11) is 1.61. The van der Waals surface area contributed by atoms with Crippen LogP contribution in [-0.2, 0) is 0 Å². The Morgan fingerprint density at radius 3 is 2.79 bits per heavy atom. The van der Waals surface area contributed by atoms with Crippen molar-refractivity contribution in [2.45, 2.75) is 13.0 Å². The van der Waals surface area contributed by atoms with Gasteiger partial charge in [0.15, 0.2) is 0 Å². The maximum atomic E-state index is 12.6. The quantitative estimate of drug-likeness (QED) is 0.773. The number of pyridine rings is 1. The van der Waals surface area contributed by atoms with Gasteiger partial charge in [-0.05, 0) is 48.3 Å². The first-order chi connectivity index (χ1) is 11.7. The molecule has 0 saturated carbocycles. The Hall–Kier alpha value is -2.80. The lowest BCUT2D eigenvalue weighted by atomic mass is 10.0. The van der Waals surface area contributed by atoms with Gasteiger partial charge in [0.1, 0.15) is 10.6 Å². The molecule has 3 rings (SSSR count). The minimum atomic E-state index is -0.393. The van der Waals surface area contributed by atoms with E-state index in [4.69, 9.17) is 4.74 Å². The fourth-order valence-electron chi connectivity index (χ4n) is 2.33. The SMILES string of the molecule is COc1cccc([C@H](NC(=O)c2snnc2C)c2ccccn2)c1. The van der Waals surface area contributed by atoms with Crippen LogP contribution in [0.4, 0.5) is 0 Å². The molecule has 1 aromatic carbocycles. The van der Waals surface area contributed by atoms with E-state index in [-0.39, 0.29) is 5.91 Å². The minimum Gasteiger partial charge on any atom is -0.497 e. The number of nitrogens with zero attached hydrogens (tertiary/aromatic N) is 3. The highest BCUT2D eigenvalue weighted by atomic mass is 32.1. The molecule has 0 bridgehead atoms. The van der Waals surface area contributed by atoms with Crippen molar-refractivity contribution in [2.75, 3.05) is 7.11 Å². The number of aryl methyl sites for hydroxylation is 1. The van der Waals surface area contributed by atoms with E-state index in [1.165, 1.54) is 0 Å². The van der Waals surface area contributed by atoms with E-state index in [9.17, 15) is 4.79 Å². The molecule has 0 aliphatic rings. The molecule has 0 aliphatic heterocycles. The van der Waals surface area contributed by atoms with E-state index in [0.717, 1.165) is 28.5 Å². The highest BCUT2D eigenvalue weighted by molar-refractivity contribution is 7.08. The van der Waals surface area contributed by atoms with Gasteiger partial charge in [-0.2, -0.15) is 0 Å². The number of ether oxygens (including phenoxy) is 1. The second kappa shape index (κ2) is 7.18. The first kappa shape index (κ1) is 16.1. The van der Waals surface area contributed by atoms with Crippen LogP contribution in [0.5, 0.6) is 5.75 Å². The largest absolute Gasteiger partial charge is 0.497 e. The van der Waals surface area contributed by atoms with E-state index < -0.39 is 6.04 Å². The summed E-state index contributed by atoms with van der Waals surface area (Å²) in [5, 5.41) is 6.91. The molecule has 6 nitrogen and oxygen atoms in total. The van der Waals surface area contributed by atoms with E-state index in [0.29, 0.717) is 10.6 Å². The van der Waals surface area contributed by atoms with Crippen molar-refractivity contribution in [1.29, 1.82) is 0 Å². The topological polar surface area (TPSA) is 77.0 Å². The van der Waals surface area contributed by atoms with Gasteiger partial charge in [-0.1, -0.05) is 22.7 Å². The van der Waals surface area contributed by atoms with Crippen LogP contribution in [0.2, 0.25) is 0 Å². The predicted molar refractivity (Wildman–Crippen MR) is 91.2 cm³/mol. The Balaban J connectivity index is 1.96. The first-order valence-electron chi connectivity index (χ1n) is 7.33. The molecule has 0 unspecified atom stereocenters. The third-order valence-electron chi connectivity index (χ3n) is 3.54. The van der Waals surface area contributed by atoms with Gasteiger partial charge in [0.05, 0.1) is 24.5 Å². The first-order valence-corrected chi connectivity index (χ1v) is 8.11. The van der Waals surface area contributed by atoms with Crippen LogP contribution in [0.1, 0.15) is 32.7 Å². The number of carbonyl (C=O) groups excluding carboxylic acids is 1. The Kier molecular flexibility index (Phi) is 4.81. The number of nitrogens with one attached hydrogen (secondary N) is 1. The molecule has 3 aromatic rings. The van der Waals surface area contributed by atoms with Gasteiger partial charge in [-0.25, -0.2) is 0 Å². The molecule has 2 heterocycles. The summed E-state index contributed by atoms with van der Waals surface area (Å²) >= 11 is 1.08.